The lowest BCUT2D eigenvalue weighted by Crippen LogP contribution is -2.44. The van der Waals surface area contributed by atoms with Crippen molar-refractivity contribution in [2.75, 3.05) is 7.11 Å². The number of rotatable bonds is 6. The first kappa shape index (κ1) is 16.3. The first-order valence-electron chi connectivity index (χ1n) is 6.20. The van der Waals surface area contributed by atoms with E-state index in [0.29, 0.717) is 16.3 Å². The molecule has 0 aliphatic rings. The van der Waals surface area contributed by atoms with Crippen LogP contribution in [0.2, 0.25) is 5.02 Å². The largest absolute Gasteiger partial charge is 0.495 e. The number of carboxylic acids is 1. The fraction of sp³-hybridized carbons (Fsp3) is 0.429. The molecular weight excluding hydrogens is 282 g/mol. The lowest BCUT2D eigenvalue weighted by atomic mass is 10.0. The molecule has 0 aliphatic heterocycles. The van der Waals surface area contributed by atoms with Gasteiger partial charge in [-0.15, -0.1) is 0 Å². The average molecular weight is 300 g/mol. The summed E-state index contributed by atoms with van der Waals surface area (Å²) in [7, 11) is 1.50. The Morgan fingerprint density at radius 1 is 1.40 bits per heavy atom. The van der Waals surface area contributed by atoms with E-state index in [1.54, 1.807) is 32.0 Å². The van der Waals surface area contributed by atoms with Crippen molar-refractivity contribution < 1.29 is 19.4 Å². The van der Waals surface area contributed by atoms with Gasteiger partial charge in [-0.2, -0.15) is 0 Å². The summed E-state index contributed by atoms with van der Waals surface area (Å²) in [4.78, 5) is 22.8. The van der Waals surface area contributed by atoms with E-state index in [2.05, 4.69) is 5.32 Å². The molecule has 0 aromatic heterocycles. The van der Waals surface area contributed by atoms with Crippen molar-refractivity contribution in [3.63, 3.8) is 0 Å². The molecule has 1 amide bonds. The molecule has 2 N–H and O–H groups in total. The van der Waals surface area contributed by atoms with Gasteiger partial charge in [0.15, 0.2) is 0 Å². The van der Waals surface area contributed by atoms with E-state index in [1.165, 1.54) is 7.11 Å². The molecule has 0 fully saturated rings. The minimum atomic E-state index is -1.08. The molecule has 5 nitrogen and oxygen atoms in total. The van der Waals surface area contributed by atoms with Crippen LogP contribution in [-0.4, -0.2) is 30.1 Å². The quantitative estimate of drug-likeness (QED) is 0.843. The SMILES string of the molecule is COc1ccc(C[C@H](NC(=O)C(C)C)C(=O)O)cc1Cl. The number of methoxy groups -OCH3 is 1. The highest BCUT2D eigenvalue weighted by molar-refractivity contribution is 6.32. The molecule has 0 saturated carbocycles. The molecule has 0 unspecified atom stereocenters. The van der Waals surface area contributed by atoms with E-state index >= 15 is 0 Å². The fourth-order valence-corrected chi connectivity index (χ4v) is 1.89. The van der Waals surface area contributed by atoms with Gasteiger partial charge in [-0.05, 0) is 17.7 Å². The van der Waals surface area contributed by atoms with Crippen molar-refractivity contribution in [2.45, 2.75) is 26.3 Å². The highest BCUT2D eigenvalue weighted by Gasteiger charge is 2.22. The Kier molecular flexibility index (Phi) is 5.82. The van der Waals surface area contributed by atoms with Crippen LogP contribution in [0, 0.1) is 5.92 Å². The minimum Gasteiger partial charge on any atom is -0.495 e. The smallest absolute Gasteiger partial charge is 0.326 e. The van der Waals surface area contributed by atoms with Gasteiger partial charge in [-0.3, -0.25) is 4.79 Å². The van der Waals surface area contributed by atoms with Crippen LogP contribution in [-0.2, 0) is 16.0 Å². The van der Waals surface area contributed by atoms with Crippen LogP contribution in [0.4, 0.5) is 0 Å². The molecule has 1 atom stereocenters. The van der Waals surface area contributed by atoms with Crippen molar-refractivity contribution >= 4 is 23.5 Å². The monoisotopic (exact) mass is 299 g/mol. The molecule has 1 rings (SSSR count). The Balaban J connectivity index is 2.83. The minimum absolute atomic E-state index is 0.164. The maximum atomic E-state index is 11.6. The van der Waals surface area contributed by atoms with Crippen LogP contribution >= 0.6 is 11.6 Å². The lowest BCUT2D eigenvalue weighted by Gasteiger charge is -2.16. The van der Waals surface area contributed by atoms with Crippen LogP contribution in [0.3, 0.4) is 0 Å². The summed E-state index contributed by atoms with van der Waals surface area (Å²) < 4.78 is 5.03. The average Bonchev–Trinajstić information content (AvgIpc) is 2.37. The second kappa shape index (κ2) is 7.14. The number of benzene rings is 1. The zero-order valence-electron chi connectivity index (χ0n) is 11.6. The van der Waals surface area contributed by atoms with Crippen LogP contribution in [0.15, 0.2) is 18.2 Å². The predicted molar refractivity (Wildman–Crippen MR) is 76.1 cm³/mol. The summed E-state index contributed by atoms with van der Waals surface area (Å²) in [6, 6.07) is 4.05. The molecule has 0 radical (unpaired) electrons. The normalized spacial score (nSPS) is 12.1. The summed E-state index contributed by atoms with van der Waals surface area (Å²) in [5.41, 5.74) is 0.715. The number of aliphatic carboxylic acids is 1. The number of nitrogens with one attached hydrogen (secondary N) is 1. The van der Waals surface area contributed by atoms with Crippen LogP contribution in [0.5, 0.6) is 5.75 Å². The Morgan fingerprint density at radius 2 is 2.05 bits per heavy atom. The summed E-state index contributed by atoms with van der Waals surface area (Å²) in [5.74, 6) is -1.12. The number of carbonyl (C=O) groups is 2. The third-order valence-electron chi connectivity index (χ3n) is 2.79. The molecular formula is C14H18ClNO4. The van der Waals surface area contributed by atoms with Gasteiger partial charge in [0.2, 0.25) is 5.91 Å². The number of hydrogen-bond acceptors (Lipinski definition) is 3. The van der Waals surface area contributed by atoms with Crippen LogP contribution in [0.1, 0.15) is 19.4 Å². The summed E-state index contributed by atoms with van der Waals surface area (Å²) in [6.45, 7) is 3.41. The fourth-order valence-electron chi connectivity index (χ4n) is 1.61. The number of ether oxygens (including phenoxy) is 1. The van der Waals surface area contributed by atoms with Gasteiger partial charge in [-0.25, -0.2) is 4.79 Å². The molecule has 110 valence electrons. The number of hydrogen-bond donors (Lipinski definition) is 2. The summed E-state index contributed by atoms with van der Waals surface area (Å²) in [5, 5.41) is 12.1. The molecule has 1 aromatic rings. The number of halogens is 1. The van der Waals surface area contributed by atoms with Gasteiger partial charge >= 0.3 is 5.97 Å². The standard InChI is InChI=1S/C14H18ClNO4/c1-8(2)13(17)16-11(14(18)19)7-9-4-5-12(20-3)10(15)6-9/h4-6,8,11H,7H2,1-3H3,(H,16,17)(H,18,19)/t11-/m0/s1. The first-order valence-corrected chi connectivity index (χ1v) is 6.58. The second-order valence-corrected chi connectivity index (χ2v) is 5.13. The van der Waals surface area contributed by atoms with E-state index in [-0.39, 0.29) is 18.2 Å². The van der Waals surface area contributed by atoms with Crippen molar-refractivity contribution in [1.82, 2.24) is 5.32 Å². The maximum absolute atomic E-state index is 11.6. The molecule has 0 bridgehead atoms. The Hall–Kier alpha value is -1.75. The van der Waals surface area contributed by atoms with Crippen molar-refractivity contribution in [3.05, 3.63) is 28.8 Å². The van der Waals surface area contributed by atoms with Gasteiger partial charge in [0.05, 0.1) is 12.1 Å². The molecule has 6 heteroatoms. The highest BCUT2D eigenvalue weighted by Crippen LogP contribution is 2.25. The van der Waals surface area contributed by atoms with Crippen molar-refractivity contribution in [1.29, 1.82) is 0 Å². The van der Waals surface area contributed by atoms with E-state index in [1.807, 2.05) is 0 Å². The summed E-state index contributed by atoms with van der Waals surface area (Å²) in [6.07, 6.45) is 0.164. The zero-order chi connectivity index (χ0) is 15.3. The molecule has 0 heterocycles. The molecule has 0 aliphatic carbocycles. The molecule has 0 saturated heterocycles. The van der Waals surface area contributed by atoms with Crippen molar-refractivity contribution in [3.8, 4) is 5.75 Å². The first-order chi connectivity index (χ1) is 9.35. The number of amides is 1. The van der Waals surface area contributed by atoms with Gasteiger partial charge < -0.3 is 15.2 Å². The van der Waals surface area contributed by atoms with E-state index in [9.17, 15) is 9.59 Å². The maximum Gasteiger partial charge on any atom is 0.326 e. The van der Waals surface area contributed by atoms with Gasteiger partial charge in [0.1, 0.15) is 11.8 Å². The van der Waals surface area contributed by atoms with Gasteiger partial charge in [-0.1, -0.05) is 31.5 Å². The topological polar surface area (TPSA) is 75.6 Å². The van der Waals surface area contributed by atoms with Gasteiger partial charge in [0.25, 0.3) is 0 Å². The number of carbonyl (C=O) groups excluding carboxylic acids is 1. The van der Waals surface area contributed by atoms with Crippen LogP contribution in [0.25, 0.3) is 0 Å². The van der Waals surface area contributed by atoms with Crippen molar-refractivity contribution in [2.24, 2.45) is 5.92 Å². The van der Waals surface area contributed by atoms with Gasteiger partial charge in [0, 0.05) is 12.3 Å². The van der Waals surface area contributed by atoms with E-state index < -0.39 is 12.0 Å². The Morgan fingerprint density at radius 3 is 2.50 bits per heavy atom. The molecule has 20 heavy (non-hydrogen) atoms. The number of carboxylic acid groups (broad SMARTS) is 1. The van der Waals surface area contributed by atoms with Crippen LogP contribution < -0.4 is 10.1 Å². The predicted octanol–water partition coefficient (Wildman–Crippen LogP) is 2.12. The molecule has 1 aromatic carbocycles. The second-order valence-electron chi connectivity index (χ2n) is 4.73. The third kappa shape index (κ3) is 4.42. The summed E-state index contributed by atoms with van der Waals surface area (Å²) >= 11 is 5.99. The third-order valence-corrected chi connectivity index (χ3v) is 3.09. The zero-order valence-corrected chi connectivity index (χ0v) is 12.4. The Bertz CT molecular complexity index is 502. The van der Waals surface area contributed by atoms with E-state index in [0.717, 1.165) is 0 Å². The molecule has 0 spiro atoms. The van der Waals surface area contributed by atoms with E-state index in [4.69, 9.17) is 21.4 Å². The lowest BCUT2D eigenvalue weighted by molar-refractivity contribution is -0.142. The highest BCUT2D eigenvalue weighted by atomic mass is 35.5. The Labute approximate surface area is 122 Å².